The highest BCUT2D eigenvalue weighted by Crippen LogP contribution is 2.47. The third kappa shape index (κ3) is 2.71. The lowest BCUT2D eigenvalue weighted by Crippen LogP contribution is -1.93. The lowest BCUT2D eigenvalue weighted by Gasteiger charge is -2.12. The molecule has 6 aromatic rings. The Morgan fingerprint density at radius 2 is 1.21 bits per heavy atom. The molecule has 0 fully saturated rings. The van der Waals surface area contributed by atoms with Gasteiger partial charge in [0.25, 0.3) is 0 Å². The van der Waals surface area contributed by atoms with Crippen LogP contribution in [0.1, 0.15) is 0 Å². The maximum atomic E-state index is 4.86. The van der Waals surface area contributed by atoms with Crippen LogP contribution in [0.3, 0.4) is 0 Å². The molecule has 0 radical (unpaired) electrons. The number of pyridine rings is 1. The van der Waals surface area contributed by atoms with Gasteiger partial charge < -0.3 is 4.57 Å². The van der Waals surface area contributed by atoms with Crippen molar-refractivity contribution in [3.63, 3.8) is 0 Å². The first-order chi connectivity index (χ1) is 16.4. The van der Waals surface area contributed by atoms with Crippen LogP contribution in [0.4, 0.5) is 0 Å². The van der Waals surface area contributed by atoms with Gasteiger partial charge in [-0.1, -0.05) is 84.9 Å². The molecule has 2 heteroatoms. The highest BCUT2D eigenvalue weighted by atomic mass is 15.0. The lowest BCUT2D eigenvalue weighted by atomic mass is 9.95. The Morgan fingerprint density at radius 1 is 0.515 bits per heavy atom. The standard InChI is InChI=1S/C31H20N2/c1-2-9-21(10-3-1)22-11-6-12-23(19-22)33-20-28-30-26(15-7-17-29(30)33)24-13-4-5-14-25(24)27-16-8-18-32-31(27)28/h1-20H. The molecule has 33 heavy (non-hydrogen) atoms. The largest absolute Gasteiger partial charge is 0.316 e. The van der Waals surface area contributed by atoms with Crippen molar-refractivity contribution in [2.45, 2.75) is 0 Å². The normalized spacial score (nSPS) is 11.6. The average Bonchev–Trinajstić information content (AvgIpc) is 3.24. The molecule has 154 valence electrons. The van der Waals surface area contributed by atoms with Crippen LogP contribution in [0.2, 0.25) is 0 Å². The molecule has 0 saturated carbocycles. The van der Waals surface area contributed by atoms with Gasteiger partial charge in [0.15, 0.2) is 0 Å². The van der Waals surface area contributed by atoms with Crippen LogP contribution in [0, 0.1) is 0 Å². The molecule has 0 spiro atoms. The second-order valence-electron chi connectivity index (χ2n) is 8.47. The van der Waals surface area contributed by atoms with Gasteiger partial charge in [0.1, 0.15) is 0 Å². The molecule has 2 heterocycles. The molecular weight excluding hydrogens is 400 g/mol. The molecule has 1 aliphatic carbocycles. The molecule has 2 nitrogen and oxygen atoms in total. The fourth-order valence-electron chi connectivity index (χ4n) is 5.16. The smallest absolute Gasteiger partial charge is 0.0802 e. The van der Waals surface area contributed by atoms with Gasteiger partial charge in [-0.15, -0.1) is 0 Å². The van der Waals surface area contributed by atoms with Gasteiger partial charge in [0.05, 0.1) is 11.2 Å². The third-order valence-electron chi connectivity index (χ3n) is 6.63. The van der Waals surface area contributed by atoms with Crippen LogP contribution in [0.5, 0.6) is 0 Å². The highest BCUT2D eigenvalue weighted by molar-refractivity contribution is 6.12. The fraction of sp³-hybridized carbons (Fsp3) is 0. The summed E-state index contributed by atoms with van der Waals surface area (Å²) in [6.07, 6.45) is 4.16. The minimum absolute atomic E-state index is 1.04. The number of aromatic nitrogens is 2. The zero-order valence-electron chi connectivity index (χ0n) is 17.9. The number of benzene rings is 4. The van der Waals surface area contributed by atoms with Crippen molar-refractivity contribution in [2.24, 2.45) is 0 Å². The summed E-state index contributed by atoms with van der Waals surface area (Å²) in [7, 11) is 0. The van der Waals surface area contributed by atoms with Gasteiger partial charge in [0, 0.05) is 34.6 Å². The van der Waals surface area contributed by atoms with Crippen molar-refractivity contribution in [3.05, 3.63) is 122 Å². The Balaban J connectivity index is 1.54. The molecule has 0 saturated heterocycles. The average molecular weight is 421 g/mol. The van der Waals surface area contributed by atoms with Crippen molar-refractivity contribution in [1.29, 1.82) is 0 Å². The maximum absolute atomic E-state index is 4.86. The van der Waals surface area contributed by atoms with E-state index >= 15 is 0 Å². The number of rotatable bonds is 2. The molecule has 2 aromatic heterocycles. The summed E-state index contributed by atoms with van der Waals surface area (Å²) in [5.74, 6) is 0. The number of nitrogens with zero attached hydrogens (tertiary/aromatic N) is 2. The molecule has 1 aliphatic rings. The summed E-state index contributed by atoms with van der Waals surface area (Å²) in [4.78, 5) is 4.86. The zero-order chi connectivity index (χ0) is 21.8. The fourth-order valence-corrected chi connectivity index (χ4v) is 5.16. The number of hydrogen-bond donors (Lipinski definition) is 0. The number of fused-ring (bicyclic) bond motifs is 5. The van der Waals surface area contributed by atoms with Crippen molar-refractivity contribution in [3.8, 4) is 50.3 Å². The SMILES string of the molecule is c1ccc(-c2cccc(-n3cc4c5c(cccc53)-c3ccccc3-c3cccnc3-4)c2)cc1. The predicted octanol–water partition coefficient (Wildman–Crippen LogP) is 8.01. The summed E-state index contributed by atoms with van der Waals surface area (Å²) in [5, 5.41) is 1.26. The van der Waals surface area contributed by atoms with Crippen LogP contribution in [0.15, 0.2) is 122 Å². The second-order valence-corrected chi connectivity index (χ2v) is 8.47. The van der Waals surface area contributed by atoms with Crippen molar-refractivity contribution >= 4 is 10.9 Å². The summed E-state index contributed by atoms with van der Waals surface area (Å²) in [5.41, 5.74) is 11.9. The van der Waals surface area contributed by atoms with Gasteiger partial charge in [-0.25, -0.2) is 0 Å². The van der Waals surface area contributed by atoms with Gasteiger partial charge in [0.2, 0.25) is 0 Å². The first-order valence-corrected chi connectivity index (χ1v) is 11.2. The third-order valence-corrected chi connectivity index (χ3v) is 6.63. The lowest BCUT2D eigenvalue weighted by molar-refractivity contribution is 1.13. The zero-order valence-corrected chi connectivity index (χ0v) is 17.9. The first kappa shape index (κ1) is 18.2. The van der Waals surface area contributed by atoms with E-state index in [0.29, 0.717) is 0 Å². The minimum Gasteiger partial charge on any atom is -0.316 e. The molecule has 0 amide bonds. The van der Waals surface area contributed by atoms with Crippen molar-refractivity contribution < 1.29 is 0 Å². The van der Waals surface area contributed by atoms with Gasteiger partial charge in [-0.2, -0.15) is 0 Å². The van der Waals surface area contributed by atoms with E-state index in [-0.39, 0.29) is 0 Å². The molecule has 0 atom stereocenters. The Bertz CT molecular complexity index is 1660. The topological polar surface area (TPSA) is 17.8 Å². The second kappa shape index (κ2) is 7.04. The van der Waals surface area contributed by atoms with E-state index in [9.17, 15) is 0 Å². The summed E-state index contributed by atoms with van der Waals surface area (Å²) in [6, 6.07) is 38.8. The van der Waals surface area contributed by atoms with E-state index in [0.717, 1.165) is 11.4 Å². The molecule has 0 bridgehead atoms. The molecule has 0 aliphatic heterocycles. The Kier molecular flexibility index (Phi) is 3.88. The summed E-state index contributed by atoms with van der Waals surface area (Å²) < 4.78 is 2.31. The number of hydrogen-bond acceptors (Lipinski definition) is 1. The quantitative estimate of drug-likeness (QED) is 0.277. The molecular formula is C31H20N2. The Hall–Kier alpha value is -4.43. The monoisotopic (exact) mass is 420 g/mol. The summed E-state index contributed by atoms with van der Waals surface area (Å²) >= 11 is 0. The Morgan fingerprint density at radius 3 is 2.09 bits per heavy atom. The van der Waals surface area contributed by atoms with Crippen molar-refractivity contribution in [1.82, 2.24) is 9.55 Å². The van der Waals surface area contributed by atoms with Crippen LogP contribution < -0.4 is 0 Å². The van der Waals surface area contributed by atoms with E-state index in [1.807, 2.05) is 12.3 Å². The molecule has 0 unspecified atom stereocenters. The molecule has 4 aromatic carbocycles. The van der Waals surface area contributed by atoms with E-state index in [1.54, 1.807) is 0 Å². The highest BCUT2D eigenvalue weighted by Gasteiger charge is 2.24. The van der Waals surface area contributed by atoms with E-state index in [2.05, 4.69) is 114 Å². The Labute approximate surface area is 192 Å². The van der Waals surface area contributed by atoms with Crippen molar-refractivity contribution in [2.75, 3.05) is 0 Å². The van der Waals surface area contributed by atoms with Gasteiger partial charge >= 0.3 is 0 Å². The predicted molar refractivity (Wildman–Crippen MR) is 136 cm³/mol. The van der Waals surface area contributed by atoms with E-state index in [1.165, 1.54) is 49.8 Å². The minimum atomic E-state index is 1.04. The molecule has 0 N–H and O–H groups in total. The van der Waals surface area contributed by atoms with E-state index < -0.39 is 0 Å². The summed E-state index contributed by atoms with van der Waals surface area (Å²) in [6.45, 7) is 0. The van der Waals surface area contributed by atoms with Crippen LogP contribution in [-0.2, 0) is 0 Å². The van der Waals surface area contributed by atoms with Crippen LogP contribution in [0.25, 0.3) is 61.2 Å². The van der Waals surface area contributed by atoms with Gasteiger partial charge in [-0.05, 0) is 52.1 Å². The first-order valence-electron chi connectivity index (χ1n) is 11.2. The van der Waals surface area contributed by atoms with Crippen LogP contribution >= 0.6 is 0 Å². The van der Waals surface area contributed by atoms with E-state index in [4.69, 9.17) is 4.98 Å². The van der Waals surface area contributed by atoms with Gasteiger partial charge in [-0.3, -0.25) is 4.98 Å². The van der Waals surface area contributed by atoms with Crippen LogP contribution in [-0.4, -0.2) is 9.55 Å². The molecule has 7 rings (SSSR count). The maximum Gasteiger partial charge on any atom is 0.0802 e.